The van der Waals surface area contributed by atoms with Gasteiger partial charge in [0.15, 0.2) is 0 Å². The number of anilines is 2. The number of halogens is 2. The highest BCUT2D eigenvalue weighted by atomic mass is 19.3. The molecule has 1 fully saturated rings. The van der Waals surface area contributed by atoms with Gasteiger partial charge in [0.05, 0.1) is 0 Å². The highest BCUT2D eigenvalue weighted by molar-refractivity contribution is 5.49. The van der Waals surface area contributed by atoms with Gasteiger partial charge in [0, 0.05) is 44.5 Å². The molecule has 1 aliphatic rings. The maximum Gasteiger partial charge on any atom is 0.280 e. The van der Waals surface area contributed by atoms with Crippen molar-refractivity contribution in [2.45, 2.75) is 6.43 Å². The van der Waals surface area contributed by atoms with Gasteiger partial charge in [0.25, 0.3) is 17.5 Å². The summed E-state index contributed by atoms with van der Waals surface area (Å²) in [6.07, 6.45) is -1.15. The van der Waals surface area contributed by atoms with Crippen LogP contribution in [0.4, 0.5) is 20.5 Å². The molecule has 0 unspecified atom stereocenters. The molecule has 3 aromatic rings. The molecule has 0 amide bonds. The summed E-state index contributed by atoms with van der Waals surface area (Å²) in [5.74, 6) is 0.692. The number of piperazine rings is 1. The number of hydrogen-bond acceptors (Lipinski definition) is 6. The Kier molecular flexibility index (Phi) is 4.30. The van der Waals surface area contributed by atoms with Crippen LogP contribution in [0.15, 0.2) is 46.1 Å². The lowest BCUT2D eigenvalue weighted by Gasteiger charge is -2.35. The Hall–Kier alpha value is -3.30. The topological polar surface area (TPSA) is 86.6 Å². The predicted molar refractivity (Wildman–Crippen MR) is 95.7 cm³/mol. The van der Waals surface area contributed by atoms with Crippen LogP contribution in [-0.2, 0) is 0 Å². The first kappa shape index (κ1) is 17.1. The highest BCUT2D eigenvalue weighted by Crippen LogP contribution is 2.19. The number of nitrogens with one attached hydrogen (secondary N) is 1. The van der Waals surface area contributed by atoms with Crippen LogP contribution in [0.3, 0.4) is 0 Å². The van der Waals surface area contributed by atoms with E-state index >= 15 is 0 Å². The SMILES string of the molecule is O=c1cc(C(F)F)nc(N2CCN(c3cc(=O)n4ccccc4n3)CC2)[nH]1. The molecule has 0 radical (unpaired) electrons. The molecule has 4 heterocycles. The van der Waals surface area contributed by atoms with Crippen molar-refractivity contribution in [3.8, 4) is 0 Å². The molecule has 0 saturated carbocycles. The average molecular weight is 374 g/mol. The van der Waals surface area contributed by atoms with Crippen molar-refractivity contribution in [2.75, 3.05) is 36.0 Å². The fourth-order valence-corrected chi connectivity index (χ4v) is 3.08. The lowest BCUT2D eigenvalue weighted by Crippen LogP contribution is -2.48. The van der Waals surface area contributed by atoms with Gasteiger partial charge in [0.2, 0.25) is 5.95 Å². The van der Waals surface area contributed by atoms with Gasteiger partial charge in [-0.1, -0.05) is 6.07 Å². The molecule has 4 rings (SSSR count). The summed E-state index contributed by atoms with van der Waals surface area (Å²) in [4.78, 5) is 38.4. The summed E-state index contributed by atoms with van der Waals surface area (Å²) in [5.41, 5.74) is -0.769. The van der Waals surface area contributed by atoms with Crippen LogP contribution in [-0.4, -0.2) is 45.5 Å². The van der Waals surface area contributed by atoms with Crippen molar-refractivity contribution in [1.29, 1.82) is 0 Å². The third kappa shape index (κ3) is 3.37. The minimum atomic E-state index is -2.80. The molecule has 1 aliphatic heterocycles. The van der Waals surface area contributed by atoms with Crippen molar-refractivity contribution in [3.63, 3.8) is 0 Å². The van der Waals surface area contributed by atoms with E-state index in [1.54, 1.807) is 23.2 Å². The molecule has 0 aliphatic carbocycles. The molecule has 140 valence electrons. The molecule has 3 aromatic heterocycles. The van der Waals surface area contributed by atoms with E-state index in [0.717, 1.165) is 6.07 Å². The zero-order valence-corrected chi connectivity index (χ0v) is 14.2. The third-order valence-corrected chi connectivity index (χ3v) is 4.43. The van der Waals surface area contributed by atoms with Crippen molar-refractivity contribution in [3.05, 3.63) is 62.9 Å². The second-order valence-electron chi connectivity index (χ2n) is 6.15. The first-order valence-corrected chi connectivity index (χ1v) is 8.39. The van der Waals surface area contributed by atoms with Gasteiger partial charge in [0.1, 0.15) is 17.2 Å². The maximum atomic E-state index is 12.9. The van der Waals surface area contributed by atoms with Crippen molar-refractivity contribution < 1.29 is 8.78 Å². The van der Waals surface area contributed by atoms with Crippen LogP contribution in [0.25, 0.3) is 5.65 Å². The molecule has 0 bridgehead atoms. The largest absolute Gasteiger partial charge is 0.353 e. The molecular weight excluding hydrogens is 358 g/mol. The van der Waals surface area contributed by atoms with Gasteiger partial charge in [-0.25, -0.2) is 18.7 Å². The zero-order valence-electron chi connectivity index (χ0n) is 14.2. The van der Waals surface area contributed by atoms with E-state index in [4.69, 9.17) is 0 Å². The standard InChI is InChI=1S/C17H16F2N6O2/c18-16(19)11-9-14(26)22-17(20-11)24-7-5-23(6-8-24)13-10-15(27)25-4-2-1-3-12(25)21-13/h1-4,9-10,16H,5-8H2,(H,20,22,26). The van der Waals surface area contributed by atoms with Crippen molar-refractivity contribution in [2.24, 2.45) is 0 Å². The summed E-state index contributed by atoms with van der Waals surface area (Å²) in [6, 6.07) is 7.60. The molecule has 0 aromatic carbocycles. The van der Waals surface area contributed by atoms with E-state index in [1.165, 1.54) is 10.5 Å². The number of hydrogen-bond donors (Lipinski definition) is 1. The fourth-order valence-electron chi connectivity index (χ4n) is 3.08. The van der Waals surface area contributed by atoms with E-state index in [9.17, 15) is 18.4 Å². The minimum Gasteiger partial charge on any atom is -0.353 e. The average Bonchev–Trinajstić information content (AvgIpc) is 2.67. The number of H-pyrrole nitrogens is 1. The van der Waals surface area contributed by atoms with E-state index < -0.39 is 17.7 Å². The number of pyridine rings is 1. The number of nitrogens with zero attached hydrogens (tertiary/aromatic N) is 5. The van der Waals surface area contributed by atoms with Crippen LogP contribution in [0.2, 0.25) is 0 Å². The molecule has 27 heavy (non-hydrogen) atoms. The van der Waals surface area contributed by atoms with Gasteiger partial charge in [-0.05, 0) is 12.1 Å². The number of rotatable bonds is 3. The van der Waals surface area contributed by atoms with Gasteiger partial charge in [-0.3, -0.25) is 19.0 Å². The van der Waals surface area contributed by atoms with Crippen LogP contribution in [0, 0.1) is 0 Å². The summed E-state index contributed by atoms with van der Waals surface area (Å²) >= 11 is 0. The second-order valence-corrected chi connectivity index (χ2v) is 6.15. The maximum absolute atomic E-state index is 12.9. The molecule has 0 atom stereocenters. The number of fused-ring (bicyclic) bond motifs is 1. The lowest BCUT2D eigenvalue weighted by atomic mass is 10.3. The molecule has 1 saturated heterocycles. The molecule has 0 spiro atoms. The summed E-state index contributed by atoms with van der Waals surface area (Å²) in [7, 11) is 0. The molecule has 10 heteroatoms. The number of aromatic nitrogens is 4. The van der Waals surface area contributed by atoms with Crippen LogP contribution >= 0.6 is 0 Å². The molecule has 1 N–H and O–H groups in total. The Morgan fingerprint density at radius 2 is 1.74 bits per heavy atom. The second kappa shape index (κ2) is 6.78. The highest BCUT2D eigenvalue weighted by Gasteiger charge is 2.22. The molecule has 8 nitrogen and oxygen atoms in total. The number of aromatic amines is 1. The van der Waals surface area contributed by atoms with Gasteiger partial charge < -0.3 is 9.80 Å². The van der Waals surface area contributed by atoms with Crippen LogP contribution in [0.5, 0.6) is 0 Å². The minimum absolute atomic E-state index is 0.129. The van der Waals surface area contributed by atoms with E-state index in [2.05, 4.69) is 15.0 Å². The Labute approximate surface area is 151 Å². The lowest BCUT2D eigenvalue weighted by molar-refractivity contribution is 0.146. The zero-order chi connectivity index (χ0) is 19.0. The van der Waals surface area contributed by atoms with E-state index in [-0.39, 0.29) is 11.5 Å². The Balaban J connectivity index is 1.54. The Morgan fingerprint density at radius 1 is 1.00 bits per heavy atom. The number of alkyl halides is 2. The Morgan fingerprint density at radius 3 is 2.48 bits per heavy atom. The van der Waals surface area contributed by atoms with Gasteiger partial charge in [-0.2, -0.15) is 0 Å². The third-order valence-electron chi connectivity index (χ3n) is 4.43. The molecular formula is C17H16F2N6O2. The normalized spacial score (nSPS) is 14.9. The summed E-state index contributed by atoms with van der Waals surface area (Å²) in [6.45, 7) is 1.92. The summed E-state index contributed by atoms with van der Waals surface area (Å²) < 4.78 is 27.2. The van der Waals surface area contributed by atoms with Crippen molar-refractivity contribution >= 4 is 17.4 Å². The van der Waals surface area contributed by atoms with E-state index in [1.807, 2.05) is 11.0 Å². The van der Waals surface area contributed by atoms with Crippen LogP contribution < -0.4 is 20.9 Å². The smallest absolute Gasteiger partial charge is 0.280 e. The first-order chi connectivity index (χ1) is 13.0. The monoisotopic (exact) mass is 374 g/mol. The summed E-state index contributed by atoms with van der Waals surface area (Å²) in [5, 5.41) is 0. The van der Waals surface area contributed by atoms with Crippen LogP contribution in [0.1, 0.15) is 12.1 Å². The van der Waals surface area contributed by atoms with Crippen molar-refractivity contribution in [1.82, 2.24) is 19.4 Å². The van der Waals surface area contributed by atoms with E-state index in [0.29, 0.717) is 37.6 Å². The van der Waals surface area contributed by atoms with Gasteiger partial charge >= 0.3 is 0 Å². The quantitative estimate of drug-likeness (QED) is 0.737. The van der Waals surface area contributed by atoms with Gasteiger partial charge in [-0.15, -0.1) is 0 Å². The first-order valence-electron chi connectivity index (χ1n) is 8.39. The Bertz CT molecular complexity index is 1090. The fraction of sp³-hybridized carbons (Fsp3) is 0.294. The predicted octanol–water partition coefficient (Wildman–Crippen LogP) is 1.04.